The number of methoxy groups -OCH3 is 2. The number of nitrogens with zero attached hydrogens (tertiary/aromatic N) is 2. The van der Waals surface area contributed by atoms with Gasteiger partial charge in [-0.15, -0.1) is 0 Å². The molecule has 2 aliphatic heterocycles. The van der Waals surface area contributed by atoms with Gasteiger partial charge in [0.2, 0.25) is 0 Å². The molecule has 150 valence electrons. The van der Waals surface area contributed by atoms with Crippen LogP contribution < -0.4 is 9.47 Å². The molecule has 0 N–H and O–H groups in total. The number of benzene rings is 2. The average molecular weight is 384 g/mol. The van der Waals surface area contributed by atoms with Crippen LogP contribution in [-0.2, 0) is 6.54 Å². The van der Waals surface area contributed by atoms with Crippen molar-refractivity contribution in [1.82, 2.24) is 9.80 Å². The third-order valence-corrected chi connectivity index (χ3v) is 6.32. The standard InChI is InChI=1S/C23H29FN2O2/c1-25-10-4-5-22-23(25)21(17-6-8-18(24)9-7-17)15-26(22)14-16-11-19(27-2)13-20(12-16)28-3/h6-9,11-13,21-23H,4-5,10,14-15H2,1-3H3/t21-,22-,23-/m1/s1. The molecule has 0 bridgehead atoms. The van der Waals surface area contributed by atoms with E-state index in [1.165, 1.54) is 24.0 Å². The van der Waals surface area contributed by atoms with Gasteiger partial charge in [0, 0.05) is 37.2 Å². The molecule has 0 aliphatic carbocycles. The lowest BCUT2D eigenvalue weighted by Crippen LogP contribution is -2.48. The van der Waals surface area contributed by atoms with Crippen LogP contribution in [0.3, 0.4) is 0 Å². The van der Waals surface area contributed by atoms with Crippen LogP contribution in [0.25, 0.3) is 0 Å². The molecule has 5 heteroatoms. The molecule has 2 fully saturated rings. The van der Waals surface area contributed by atoms with Gasteiger partial charge < -0.3 is 14.4 Å². The van der Waals surface area contributed by atoms with Crippen LogP contribution in [0, 0.1) is 5.82 Å². The summed E-state index contributed by atoms with van der Waals surface area (Å²) >= 11 is 0. The number of hydrogen-bond acceptors (Lipinski definition) is 4. The van der Waals surface area contributed by atoms with Crippen molar-refractivity contribution in [2.45, 2.75) is 37.4 Å². The van der Waals surface area contributed by atoms with E-state index in [1.807, 2.05) is 18.2 Å². The zero-order chi connectivity index (χ0) is 19.7. The van der Waals surface area contributed by atoms with Crippen molar-refractivity contribution in [3.8, 4) is 11.5 Å². The molecule has 2 saturated heterocycles. The highest BCUT2D eigenvalue weighted by Crippen LogP contribution is 2.40. The molecular formula is C23H29FN2O2. The molecule has 0 amide bonds. The van der Waals surface area contributed by atoms with Crippen molar-refractivity contribution < 1.29 is 13.9 Å². The molecule has 4 nitrogen and oxygen atoms in total. The van der Waals surface area contributed by atoms with Crippen molar-refractivity contribution in [1.29, 1.82) is 0 Å². The van der Waals surface area contributed by atoms with Gasteiger partial charge in [0.1, 0.15) is 17.3 Å². The highest BCUT2D eigenvalue weighted by Gasteiger charge is 2.45. The molecule has 2 aromatic rings. The molecule has 28 heavy (non-hydrogen) atoms. The second-order valence-electron chi connectivity index (χ2n) is 7.99. The first-order valence-electron chi connectivity index (χ1n) is 10.0. The minimum Gasteiger partial charge on any atom is -0.497 e. The summed E-state index contributed by atoms with van der Waals surface area (Å²) < 4.78 is 24.3. The fourth-order valence-electron chi connectivity index (χ4n) is 5.02. The molecule has 0 spiro atoms. The molecule has 3 atom stereocenters. The first-order valence-corrected chi connectivity index (χ1v) is 10.0. The SMILES string of the molecule is COc1cc(CN2C[C@H](c3ccc(F)cc3)[C@@H]3[C@H]2CCCN3C)cc(OC)c1. The molecule has 2 aromatic carbocycles. The van der Waals surface area contributed by atoms with E-state index in [9.17, 15) is 4.39 Å². The van der Waals surface area contributed by atoms with E-state index in [4.69, 9.17) is 9.47 Å². The normalized spacial score (nSPS) is 25.5. The van der Waals surface area contributed by atoms with Crippen LogP contribution in [0.4, 0.5) is 4.39 Å². The third kappa shape index (κ3) is 3.74. The number of ether oxygens (including phenoxy) is 2. The molecule has 2 heterocycles. The lowest BCUT2D eigenvalue weighted by Gasteiger charge is -2.39. The Morgan fingerprint density at radius 2 is 1.71 bits per heavy atom. The van der Waals surface area contributed by atoms with Gasteiger partial charge in [-0.3, -0.25) is 4.90 Å². The first kappa shape index (κ1) is 19.2. The predicted molar refractivity (Wildman–Crippen MR) is 109 cm³/mol. The zero-order valence-corrected chi connectivity index (χ0v) is 16.9. The number of piperidine rings is 1. The van der Waals surface area contributed by atoms with E-state index in [1.54, 1.807) is 26.4 Å². The summed E-state index contributed by atoms with van der Waals surface area (Å²) in [5.41, 5.74) is 2.43. The van der Waals surface area contributed by atoms with Crippen molar-refractivity contribution in [3.05, 3.63) is 59.4 Å². The summed E-state index contributed by atoms with van der Waals surface area (Å²) in [7, 11) is 5.60. The first-order chi connectivity index (χ1) is 13.6. The summed E-state index contributed by atoms with van der Waals surface area (Å²) in [6.07, 6.45) is 2.42. The van der Waals surface area contributed by atoms with Crippen LogP contribution in [0.15, 0.2) is 42.5 Å². The minimum atomic E-state index is -0.171. The maximum Gasteiger partial charge on any atom is 0.123 e. The van der Waals surface area contributed by atoms with Gasteiger partial charge in [-0.1, -0.05) is 12.1 Å². The van der Waals surface area contributed by atoms with E-state index in [2.05, 4.69) is 29.0 Å². The van der Waals surface area contributed by atoms with E-state index in [0.717, 1.165) is 31.1 Å². The Morgan fingerprint density at radius 1 is 1.04 bits per heavy atom. The van der Waals surface area contributed by atoms with Gasteiger partial charge in [-0.05, 0) is 61.8 Å². The number of hydrogen-bond donors (Lipinski definition) is 0. The van der Waals surface area contributed by atoms with Crippen LogP contribution >= 0.6 is 0 Å². The summed E-state index contributed by atoms with van der Waals surface area (Å²) in [5, 5.41) is 0. The summed E-state index contributed by atoms with van der Waals surface area (Å²) in [4.78, 5) is 5.08. The van der Waals surface area contributed by atoms with E-state index < -0.39 is 0 Å². The zero-order valence-electron chi connectivity index (χ0n) is 16.9. The highest BCUT2D eigenvalue weighted by atomic mass is 19.1. The Balaban J connectivity index is 1.61. The molecule has 4 rings (SSSR count). The van der Waals surface area contributed by atoms with E-state index in [0.29, 0.717) is 18.0 Å². The number of rotatable bonds is 5. The second kappa shape index (κ2) is 8.10. The van der Waals surface area contributed by atoms with Gasteiger partial charge in [-0.25, -0.2) is 4.39 Å². The highest BCUT2D eigenvalue weighted by molar-refractivity contribution is 5.38. The molecule has 0 radical (unpaired) electrons. The predicted octanol–water partition coefficient (Wildman–Crippen LogP) is 3.91. The fraction of sp³-hybridized carbons (Fsp3) is 0.478. The fourth-order valence-corrected chi connectivity index (χ4v) is 5.02. The average Bonchev–Trinajstić information content (AvgIpc) is 3.08. The van der Waals surface area contributed by atoms with Gasteiger partial charge in [-0.2, -0.15) is 0 Å². The topological polar surface area (TPSA) is 24.9 Å². The maximum atomic E-state index is 13.4. The van der Waals surface area contributed by atoms with Gasteiger partial charge >= 0.3 is 0 Å². The Morgan fingerprint density at radius 3 is 2.36 bits per heavy atom. The number of fused-ring (bicyclic) bond motifs is 1. The smallest absolute Gasteiger partial charge is 0.123 e. The van der Waals surface area contributed by atoms with Crippen LogP contribution in [0.1, 0.15) is 29.9 Å². The van der Waals surface area contributed by atoms with E-state index >= 15 is 0 Å². The Labute approximate surface area is 166 Å². The quantitative estimate of drug-likeness (QED) is 0.781. The van der Waals surface area contributed by atoms with Crippen LogP contribution in [0.2, 0.25) is 0 Å². The third-order valence-electron chi connectivity index (χ3n) is 6.32. The molecule has 0 aromatic heterocycles. The number of likely N-dealkylation sites (N-methyl/N-ethyl adjacent to an activating group) is 1. The lowest BCUT2D eigenvalue weighted by atomic mass is 9.86. The number of halogens is 1. The molecular weight excluding hydrogens is 355 g/mol. The van der Waals surface area contributed by atoms with Gasteiger partial charge in [0.25, 0.3) is 0 Å². The van der Waals surface area contributed by atoms with E-state index in [-0.39, 0.29) is 5.82 Å². The van der Waals surface area contributed by atoms with Gasteiger partial charge in [0.05, 0.1) is 14.2 Å². The van der Waals surface area contributed by atoms with Crippen molar-refractivity contribution in [2.24, 2.45) is 0 Å². The van der Waals surface area contributed by atoms with Gasteiger partial charge in [0.15, 0.2) is 0 Å². The summed E-state index contributed by atoms with van der Waals surface area (Å²) in [6, 6.07) is 14.1. The monoisotopic (exact) mass is 384 g/mol. The molecule has 2 aliphatic rings. The summed E-state index contributed by atoms with van der Waals surface area (Å²) in [6.45, 7) is 2.96. The maximum absolute atomic E-state index is 13.4. The van der Waals surface area contributed by atoms with Crippen molar-refractivity contribution >= 4 is 0 Å². The molecule has 0 saturated carbocycles. The van der Waals surface area contributed by atoms with Crippen LogP contribution in [0.5, 0.6) is 11.5 Å². The largest absolute Gasteiger partial charge is 0.497 e. The summed E-state index contributed by atoms with van der Waals surface area (Å²) in [5.74, 6) is 1.86. The van der Waals surface area contributed by atoms with Crippen LogP contribution in [-0.4, -0.2) is 56.2 Å². The minimum absolute atomic E-state index is 0.171. The Kier molecular flexibility index (Phi) is 5.56. The number of likely N-dealkylation sites (tertiary alicyclic amines) is 2. The second-order valence-corrected chi connectivity index (χ2v) is 7.99. The Hall–Kier alpha value is -2.11. The Bertz CT molecular complexity index is 788. The van der Waals surface area contributed by atoms with Crippen molar-refractivity contribution in [3.63, 3.8) is 0 Å². The molecule has 0 unspecified atom stereocenters. The van der Waals surface area contributed by atoms with Crippen molar-refractivity contribution in [2.75, 3.05) is 34.4 Å². The lowest BCUT2D eigenvalue weighted by molar-refractivity contribution is 0.109.